The maximum atomic E-state index is 10.6. The van der Waals surface area contributed by atoms with Crippen molar-refractivity contribution in [3.8, 4) is 0 Å². The fraction of sp³-hybridized carbons (Fsp3) is 0.600. The summed E-state index contributed by atoms with van der Waals surface area (Å²) in [7, 11) is 0. The number of nitrogens with zero attached hydrogens (tertiary/aromatic N) is 1. The third-order valence-corrected chi connectivity index (χ3v) is 5.69. The van der Waals surface area contributed by atoms with E-state index in [-0.39, 0.29) is 19.8 Å². The molecule has 26 heavy (non-hydrogen) atoms. The Bertz CT molecular complexity index is 744. The summed E-state index contributed by atoms with van der Waals surface area (Å²) in [6, 6.07) is 6.48. The first-order valence-corrected chi connectivity index (χ1v) is 9.49. The molecule has 6 heteroatoms. The average Bonchev–Trinajstić information content (AvgIpc) is 2.97. The van der Waals surface area contributed by atoms with Crippen LogP contribution in [-0.2, 0) is 19.4 Å². The minimum absolute atomic E-state index is 0.308. The van der Waals surface area contributed by atoms with Crippen LogP contribution in [0.4, 0.5) is 0 Å². The van der Waals surface area contributed by atoms with E-state index >= 15 is 0 Å². The highest BCUT2D eigenvalue weighted by molar-refractivity contribution is 5.86. The molecular formula is C20H31N2O4+. The van der Waals surface area contributed by atoms with E-state index in [0.717, 1.165) is 12.8 Å². The number of benzene rings is 1. The molecule has 1 heterocycles. The lowest BCUT2D eigenvalue weighted by atomic mass is 9.95. The summed E-state index contributed by atoms with van der Waals surface area (Å²) in [5, 5.41) is 41.8. The molecule has 1 aliphatic rings. The molecule has 0 amide bonds. The fourth-order valence-corrected chi connectivity index (χ4v) is 3.97. The van der Waals surface area contributed by atoms with Crippen LogP contribution >= 0.6 is 0 Å². The van der Waals surface area contributed by atoms with Gasteiger partial charge in [-0.25, -0.2) is 0 Å². The first-order valence-electron chi connectivity index (χ1n) is 9.49. The first kappa shape index (κ1) is 19.3. The van der Waals surface area contributed by atoms with Gasteiger partial charge in [0.15, 0.2) is 5.54 Å². The van der Waals surface area contributed by atoms with Gasteiger partial charge >= 0.3 is 0 Å². The highest BCUT2D eigenvalue weighted by atomic mass is 16.3. The summed E-state index contributed by atoms with van der Waals surface area (Å²) in [6.07, 6.45) is 3.87. The number of aryl methyl sites for hydroxylation is 2. The Kier molecular flexibility index (Phi) is 5.99. The molecule has 0 aliphatic heterocycles. The van der Waals surface area contributed by atoms with E-state index in [1.807, 2.05) is 0 Å². The summed E-state index contributed by atoms with van der Waals surface area (Å²) < 4.78 is 2.24. The van der Waals surface area contributed by atoms with Gasteiger partial charge < -0.3 is 30.3 Å². The standard InChI is InChI=1S/C20H30N2O4/c1-14-6-7-19-17(8-14)16-4-2-3-5-18(16)22(19)10-15(26)9-21-20(11-23,12-24)13-25/h6-8,15,21,23-26H,2-5,9-13H2,1H3/p+1. The lowest BCUT2D eigenvalue weighted by Gasteiger charge is -2.27. The number of rotatable bonds is 8. The summed E-state index contributed by atoms with van der Waals surface area (Å²) in [4.78, 5) is 0. The molecule has 0 spiro atoms. The molecule has 0 saturated heterocycles. The maximum absolute atomic E-state index is 10.6. The SMILES string of the molecule is Cc1ccc2c(c1)c1c(n2CC(O)C[NH2+]C(CO)(CO)CO)CCCC1. The van der Waals surface area contributed by atoms with E-state index in [1.165, 1.54) is 40.6 Å². The van der Waals surface area contributed by atoms with Gasteiger partial charge in [0.2, 0.25) is 0 Å². The Hall–Kier alpha value is -1.44. The maximum Gasteiger partial charge on any atom is 0.166 e. The van der Waals surface area contributed by atoms with Crippen molar-refractivity contribution >= 4 is 10.9 Å². The minimum atomic E-state index is -1.05. The Morgan fingerprint density at radius 1 is 1.12 bits per heavy atom. The van der Waals surface area contributed by atoms with Crippen molar-refractivity contribution in [1.29, 1.82) is 0 Å². The third kappa shape index (κ3) is 3.66. The number of fused-ring (bicyclic) bond motifs is 3. The molecule has 6 N–H and O–H groups in total. The number of quaternary nitrogens is 1. The minimum Gasteiger partial charge on any atom is -0.390 e. The number of hydrogen-bond acceptors (Lipinski definition) is 4. The van der Waals surface area contributed by atoms with Crippen LogP contribution < -0.4 is 5.32 Å². The predicted octanol–water partition coefficient (Wildman–Crippen LogP) is -0.531. The number of aliphatic hydroxyl groups excluding tert-OH is 4. The molecule has 3 rings (SSSR count). The Balaban J connectivity index is 1.82. The van der Waals surface area contributed by atoms with Gasteiger partial charge in [-0.2, -0.15) is 0 Å². The second-order valence-electron chi connectivity index (χ2n) is 7.69. The van der Waals surface area contributed by atoms with Crippen LogP contribution in [0.3, 0.4) is 0 Å². The zero-order valence-electron chi connectivity index (χ0n) is 15.5. The van der Waals surface area contributed by atoms with Gasteiger partial charge in [-0.1, -0.05) is 11.6 Å². The summed E-state index contributed by atoms with van der Waals surface area (Å²) in [5.41, 5.74) is 4.11. The quantitative estimate of drug-likeness (QED) is 0.435. The summed E-state index contributed by atoms with van der Waals surface area (Å²) in [6.45, 7) is 1.87. The highest BCUT2D eigenvalue weighted by Crippen LogP contribution is 2.32. The molecule has 1 aromatic carbocycles. The fourth-order valence-electron chi connectivity index (χ4n) is 3.97. The van der Waals surface area contributed by atoms with Gasteiger partial charge in [0.05, 0.1) is 6.54 Å². The topological polar surface area (TPSA) is 102 Å². The number of aromatic nitrogens is 1. The zero-order chi connectivity index (χ0) is 18.7. The van der Waals surface area contributed by atoms with Crippen molar-refractivity contribution in [2.24, 2.45) is 0 Å². The van der Waals surface area contributed by atoms with Gasteiger partial charge in [-0.3, -0.25) is 0 Å². The monoisotopic (exact) mass is 363 g/mol. The third-order valence-electron chi connectivity index (χ3n) is 5.69. The van der Waals surface area contributed by atoms with E-state index in [4.69, 9.17) is 0 Å². The summed E-state index contributed by atoms with van der Waals surface area (Å²) in [5.74, 6) is 0. The van der Waals surface area contributed by atoms with Crippen LogP contribution in [-0.4, -0.2) is 63.0 Å². The first-order chi connectivity index (χ1) is 12.5. The number of nitrogens with two attached hydrogens (primary N) is 1. The molecule has 1 atom stereocenters. The molecule has 2 aromatic rings. The molecule has 1 aliphatic carbocycles. The number of aliphatic hydroxyl groups is 4. The van der Waals surface area contributed by atoms with Gasteiger partial charge in [-0.05, 0) is 50.3 Å². The van der Waals surface area contributed by atoms with Crippen molar-refractivity contribution in [1.82, 2.24) is 4.57 Å². The Morgan fingerprint density at radius 3 is 2.50 bits per heavy atom. The average molecular weight is 363 g/mol. The molecule has 0 saturated carbocycles. The summed E-state index contributed by atoms with van der Waals surface area (Å²) >= 11 is 0. The molecule has 0 radical (unpaired) electrons. The van der Waals surface area contributed by atoms with Gasteiger partial charge in [-0.15, -0.1) is 0 Å². The number of hydrogen-bond donors (Lipinski definition) is 5. The van der Waals surface area contributed by atoms with E-state index in [0.29, 0.717) is 13.1 Å². The largest absolute Gasteiger partial charge is 0.390 e. The molecule has 1 aromatic heterocycles. The highest BCUT2D eigenvalue weighted by Gasteiger charge is 2.32. The van der Waals surface area contributed by atoms with E-state index in [9.17, 15) is 20.4 Å². The second-order valence-corrected chi connectivity index (χ2v) is 7.69. The van der Waals surface area contributed by atoms with Crippen LogP contribution in [0.15, 0.2) is 18.2 Å². The van der Waals surface area contributed by atoms with E-state index < -0.39 is 11.6 Å². The van der Waals surface area contributed by atoms with Gasteiger partial charge in [0.1, 0.15) is 32.5 Å². The van der Waals surface area contributed by atoms with Crippen molar-refractivity contribution in [3.63, 3.8) is 0 Å². The van der Waals surface area contributed by atoms with Crippen LogP contribution in [0.2, 0.25) is 0 Å². The van der Waals surface area contributed by atoms with Gasteiger partial charge in [0.25, 0.3) is 0 Å². The van der Waals surface area contributed by atoms with Crippen LogP contribution in [0.25, 0.3) is 10.9 Å². The lowest BCUT2D eigenvalue weighted by Crippen LogP contribution is -3.01. The molecule has 1 unspecified atom stereocenters. The molecule has 6 nitrogen and oxygen atoms in total. The van der Waals surface area contributed by atoms with Crippen molar-refractivity contribution < 1.29 is 25.7 Å². The van der Waals surface area contributed by atoms with Crippen molar-refractivity contribution in [3.05, 3.63) is 35.0 Å². The van der Waals surface area contributed by atoms with E-state index in [1.54, 1.807) is 5.32 Å². The molecule has 0 fully saturated rings. The Morgan fingerprint density at radius 2 is 1.81 bits per heavy atom. The van der Waals surface area contributed by atoms with Crippen LogP contribution in [0.1, 0.15) is 29.7 Å². The lowest BCUT2D eigenvalue weighted by molar-refractivity contribution is -0.737. The normalized spacial score (nSPS) is 16.0. The van der Waals surface area contributed by atoms with Crippen molar-refractivity contribution in [2.75, 3.05) is 26.4 Å². The van der Waals surface area contributed by atoms with Gasteiger partial charge in [0, 0.05) is 16.6 Å². The zero-order valence-corrected chi connectivity index (χ0v) is 15.5. The molecule has 0 bridgehead atoms. The smallest absolute Gasteiger partial charge is 0.166 e. The second kappa shape index (κ2) is 8.06. The predicted molar refractivity (Wildman–Crippen MR) is 100 cm³/mol. The van der Waals surface area contributed by atoms with Crippen LogP contribution in [0, 0.1) is 6.92 Å². The van der Waals surface area contributed by atoms with Crippen molar-refractivity contribution in [2.45, 2.75) is 50.8 Å². The van der Waals surface area contributed by atoms with Crippen LogP contribution in [0.5, 0.6) is 0 Å². The Labute approximate surface area is 154 Å². The molecular weight excluding hydrogens is 332 g/mol. The van der Waals surface area contributed by atoms with E-state index in [2.05, 4.69) is 29.7 Å². The molecule has 144 valence electrons.